The lowest BCUT2D eigenvalue weighted by Crippen LogP contribution is -2.18. The molecule has 1 aromatic carbocycles. The molecule has 1 N–H and O–H groups in total. The van der Waals surface area contributed by atoms with Crippen LogP contribution >= 0.6 is 11.3 Å². The smallest absolute Gasteiger partial charge is 0.406 e. The Kier molecular flexibility index (Phi) is 3.86. The number of aromatic nitrogens is 1. The van der Waals surface area contributed by atoms with Gasteiger partial charge in [-0.3, -0.25) is 4.72 Å². The molecule has 0 aliphatic heterocycles. The van der Waals surface area contributed by atoms with Crippen molar-refractivity contribution in [2.24, 2.45) is 0 Å². The number of sulfonamides is 1. The van der Waals surface area contributed by atoms with Crippen LogP contribution in [0.3, 0.4) is 0 Å². The third-order valence-corrected chi connectivity index (χ3v) is 4.16. The highest BCUT2D eigenvalue weighted by atomic mass is 32.2. The van der Waals surface area contributed by atoms with E-state index in [0.29, 0.717) is 0 Å². The van der Waals surface area contributed by atoms with E-state index in [9.17, 15) is 21.6 Å². The van der Waals surface area contributed by atoms with Crippen molar-refractivity contribution in [3.63, 3.8) is 0 Å². The van der Waals surface area contributed by atoms with Crippen molar-refractivity contribution in [2.45, 2.75) is 11.3 Å². The largest absolute Gasteiger partial charge is 0.573 e. The zero-order valence-electron chi connectivity index (χ0n) is 9.59. The minimum absolute atomic E-state index is 0.118. The van der Waals surface area contributed by atoms with Crippen LogP contribution in [-0.2, 0) is 10.0 Å². The lowest BCUT2D eigenvalue weighted by atomic mass is 10.3. The average Bonchev–Trinajstić information content (AvgIpc) is 2.79. The molecule has 5 nitrogen and oxygen atoms in total. The molecule has 10 heteroatoms. The molecule has 0 aliphatic carbocycles. The van der Waals surface area contributed by atoms with Crippen LogP contribution in [0.4, 0.5) is 18.3 Å². The summed E-state index contributed by atoms with van der Waals surface area (Å²) in [5.74, 6) is -0.612. The average molecular weight is 324 g/mol. The number of hydrogen-bond donors (Lipinski definition) is 1. The van der Waals surface area contributed by atoms with E-state index in [1.165, 1.54) is 6.20 Å². The number of ether oxygens (including phenoxy) is 1. The second kappa shape index (κ2) is 5.29. The Hall–Kier alpha value is -1.81. The fraction of sp³-hybridized carbons (Fsp3) is 0.100. The molecule has 0 radical (unpaired) electrons. The SMILES string of the molecule is O=S(=O)(Nc1nccs1)c1cccc(OC(F)(F)F)c1. The number of rotatable bonds is 4. The minimum Gasteiger partial charge on any atom is -0.406 e. The van der Waals surface area contributed by atoms with E-state index < -0.39 is 22.1 Å². The van der Waals surface area contributed by atoms with Gasteiger partial charge in [0.2, 0.25) is 0 Å². The second-order valence-electron chi connectivity index (χ2n) is 3.47. The van der Waals surface area contributed by atoms with Crippen LogP contribution in [0.15, 0.2) is 40.7 Å². The van der Waals surface area contributed by atoms with Crippen molar-refractivity contribution in [3.05, 3.63) is 35.8 Å². The predicted molar refractivity (Wildman–Crippen MR) is 66.0 cm³/mol. The Morgan fingerprint density at radius 2 is 2.05 bits per heavy atom. The van der Waals surface area contributed by atoms with Crippen LogP contribution in [-0.4, -0.2) is 19.8 Å². The third-order valence-electron chi connectivity index (χ3n) is 2.00. The van der Waals surface area contributed by atoms with Crippen LogP contribution in [0.5, 0.6) is 5.75 Å². The van der Waals surface area contributed by atoms with Crippen LogP contribution in [0.2, 0.25) is 0 Å². The molecule has 1 heterocycles. The Labute approximate surface area is 116 Å². The lowest BCUT2D eigenvalue weighted by molar-refractivity contribution is -0.274. The fourth-order valence-corrected chi connectivity index (χ4v) is 3.11. The van der Waals surface area contributed by atoms with Gasteiger partial charge < -0.3 is 4.74 Å². The second-order valence-corrected chi connectivity index (χ2v) is 6.04. The molecule has 1 aromatic heterocycles. The van der Waals surface area contributed by atoms with Crippen molar-refractivity contribution in [1.82, 2.24) is 4.98 Å². The van der Waals surface area contributed by atoms with Gasteiger partial charge >= 0.3 is 6.36 Å². The van der Waals surface area contributed by atoms with Gasteiger partial charge in [0.25, 0.3) is 10.0 Å². The van der Waals surface area contributed by atoms with Crippen molar-refractivity contribution in [3.8, 4) is 5.75 Å². The number of anilines is 1. The lowest BCUT2D eigenvalue weighted by Gasteiger charge is -2.10. The van der Waals surface area contributed by atoms with Crippen molar-refractivity contribution in [1.29, 1.82) is 0 Å². The summed E-state index contributed by atoms with van der Waals surface area (Å²) in [6.45, 7) is 0. The number of nitrogens with zero attached hydrogens (tertiary/aromatic N) is 1. The minimum atomic E-state index is -4.88. The molecule has 0 bridgehead atoms. The van der Waals surface area contributed by atoms with Gasteiger partial charge in [-0.25, -0.2) is 13.4 Å². The number of halogens is 3. The Morgan fingerprint density at radius 3 is 2.65 bits per heavy atom. The van der Waals surface area contributed by atoms with Crippen LogP contribution < -0.4 is 9.46 Å². The molecule has 0 aliphatic rings. The topological polar surface area (TPSA) is 68.3 Å². The highest BCUT2D eigenvalue weighted by Crippen LogP contribution is 2.26. The molecule has 0 fully saturated rings. The molecule has 108 valence electrons. The number of alkyl halides is 3. The maximum absolute atomic E-state index is 12.1. The van der Waals surface area contributed by atoms with Crippen molar-refractivity contribution >= 4 is 26.5 Å². The monoisotopic (exact) mass is 324 g/mol. The molecule has 0 amide bonds. The maximum Gasteiger partial charge on any atom is 0.573 e. The van der Waals surface area contributed by atoms with Gasteiger partial charge in [0, 0.05) is 17.6 Å². The molecule has 2 rings (SSSR count). The first-order valence-electron chi connectivity index (χ1n) is 5.04. The molecule has 0 saturated carbocycles. The summed E-state index contributed by atoms with van der Waals surface area (Å²) in [6.07, 6.45) is -3.49. The summed E-state index contributed by atoms with van der Waals surface area (Å²) in [5.41, 5.74) is 0. The van der Waals surface area contributed by atoms with Gasteiger partial charge in [0.05, 0.1) is 4.90 Å². The summed E-state index contributed by atoms with van der Waals surface area (Å²) >= 11 is 1.05. The first kappa shape index (κ1) is 14.6. The Morgan fingerprint density at radius 1 is 1.30 bits per heavy atom. The highest BCUT2D eigenvalue weighted by molar-refractivity contribution is 7.93. The summed E-state index contributed by atoms with van der Waals surface area (Å²) < 4.78 is 65.9. The van der Waals surface area contributed by atoms with E-state index >= 15 is 0 Å². The number of hydrogen-bond acceptors (Lipinski definition) is 5. The summed E-state index contributed by atoms with van der Waals surface area (Å²) in [4.78, 5) is 3.37. The van der Waals surface area contributed by atoms with Crippen LogP contribution in [0.1, 0.15) is 0 Å². The van der Waals surface area contributed by atoms with E-state index in [2.05, 4.69) is 14.4 Å². The molecule has 20 heavy (non-hydrogen) atoms. The molecular formula is C10H7F3N2O3S2. The number of nitrogens with one attached hydrogen (secondary N) is 1. The molecular weight excluding hydrogens is 317 g/mol. The first-order valence-corrected chi connectivity index (χ1v) is 7.41. The highest BCUT2D eigenvalue weighted by Gasteiger charge is 2.31. The van der Waals surface area contributed by atoms with Crippen LogP contribution in [0, 0.1) is 0 Å². The van der Waals surface area contributed by atoms with Crippen LogP contribution in [0.25, 0.3) is 0 Å². The Bertz CT molecular complexity index is 684. The normalized spacial score (nSPS) is 12.2. The van der Waals surface area contributed by atoms with Gasteiger partial charge in [-0.2, -0.15) is 0 Å². The molecule has 0 unspecified atom stereocenters. The third kappa shape index (κ3) is 3.84. The zero-order valence-corrected chi connectivity index (χ0v) is 11.2. The summed E-state index contributed by atoms with van der Waals surface area (Å²) in [5, 5.41) is 1.67. The molecule has 0 saturated heterocycles. The maximum atomic E-state index is 12.1. The van der Waals surface area contributed by atoms with E-state index in [1.54, 1.807) is 5.38 Å². The zero-order chi connectivity index (χ0) is 14.8. The van der Waals surface area contributed by atoms with Gasteiger partial charge in [-0.05, 0) is 12.1 Å². The van der Waals surface area contributed by atoms with E-state index in [1.807, 2.05) is 0 Å². The van der Waals surface area contributed by atoms with Crippen molar-refractivity contribution in [2.75, 3.05) is 4.72 Å². The molecule has 0 spiro atoms. The summed E-state index contributed by atoms with van der Waals surface area (Å²) in [7, 11) is -4.01. The predicted octanol–water partition coefficient (Wildman–Crippen LogP) is 2.84. The number of benzene rings is 1. The van der Waals surface area contributed by atoms with Gasteiger partial charge in [0.15, 0.2) is 5.13 Å². The molecule has 2 aromatic rings. The van der Waals surface area contributed by atoms with Gasteiger partial charge in [0.1, 0.15) is 5.75 Å². The first-order chi connectivity index (χ1) is 9.26. The van der Waals surface area contributed by atoms with E-state index in [4.69, 9.17) is 0 Å². The molecule has 0 atom stereocenters. The number of thiazole rings is 1. The van der Waals surface area contributed by atoms with E-state index in [-0.39, 0.29) is 10.0 Å². The van der Waals surface area contributed by atoms with Gasteiger partial charge in [-0.1, -0.05) is 6.07 Å². The Balaban J connectivity index is 2.26. The van der Waals surface area contributed by atoms with Crippen molar-refractivity contribution < 1.29 is 26.3 Å². The standard InChI is InChI=1S/C10H7F3N2O3S2/c11-10(12,13)18-7-2-1-3-8(6-7)20(16,17)15-9-14-4-5-19-9/h1-6H,(H,14,15). The fourth-order valence-electron chi connectivity index (χ4n) is 1.29. The van der Waals surface area contributed by atoms with Gasteiger partial charge in [-0.15, -0.1) is 24.5 Å². The van der Waals surface area contributed by atoms with E-state index in [0.717, 1.165) is 35.6 Å². The summed E-state index contributed by atoms with van der Waals surface area (Å²) in [6, 6.07) is 4.09. The quantitative estimate of drug-likeness (QED) is 0.939.